The van der Waals surface area contributed by atoms with Crippen LogP contribution in [-0.4, -0.2) is 23.2 Å². The van der Waals surface area contributed by atoms with Gasteiger partial charge in [-0.05, 0) is 25.0 Å². The molecule has 2 aromatic rings. The van der Waals surface area contributed by atoms with Crippen molar-refractivity contribution >= 4 is 28.6 Å². The normalized spacial score (nSPS) is 17.3. The Bertz CT molecular complexity index is 832. The molecule has 0 unspecified atom stereocenters. The lowest BCUT2D eigenvalue weighted by molar-refractivity contribution is 0.456. The Morgan fingerprint density at radius 2 is 2.10 bits per heavy atom. The van der Waals surface area contributed by atoms with Crippen LogP contribution in [0.3, 0.4) is 0 Å². The molecule has 0 atom stereocenters. The Labute approximate surface area is 126 Å². The van der Waals surface area contributed by atoms with Gasteiger partial charge in [0.05, 0.1) is 10.2 Å². The van der Waals surface area contributed by atoms with Crippen molar-refractivity contribution in [2.45, 2.75) is 12.8 Å². The predicted molar refractivity (Wildman–Crippen MR) is 85.0 cm³/mol. The molecule has 0 saturated carbocycles. The van der Waals surface area contributed by atoms with Gasteiger partial charge in [0.15, 0.2) is 5.13 Å². The lowest BCUT2D eigenvalue weighted by Crippen LogP contribution is -2.25. The molecule has 21 heavy (non-hydrogen) atoms. The molecule has 4 nitrogen and oxygen atoms in total. The Morgan fingerprint density at radius 1 is 1.24 bits per heavy atom. The number of aromatic hydroxyl groups is 1. The zero-order chi connectivity index (χ0) is 14.2. The molecule has 1 aromatic carbocycles. The topological polar surface area (TPSA) is 48.7 Å². The molecular formula is C16H15N3OS. The van der Waals surface area contributed by atoms with Crippen LogP contribution in [0.2, 0.25) is 0 Å². The summed E-state index contributed by atoms with van der Waals surface area (Å²) in [5.74, 6) is 0.116. The first-order valence-electron chi connectivity index (χ1n) is 7.11. The summed E-state index contributed by atoms with van der Waals surface area (Å²) < 4.78 is 0. The number of hydrogen-bond acceptors (Lipinski definition) is 5. The van der Waals surface area contributed by atoms with Crippen LogP contribution in [0.4, 0.5) is 5.13 Å². The van der Waals surface area contributed by atoms with Gasteiger partial charge in [0.1, 0.15) is 0 Å². The van der Waals surface area contributed by atoms with Crippen LogP contribution in [-0.2, 0) is 0 Å². The zero-order valence-electron chi connectivity index (χ0n) is 11.5. The van der Waals surface area contributed by atoms with E-state index in [9.17, 15) is 5.11 Å². The van der Waals surface area contributed by atoms with Gasteiger partial charge in [-0.2, -0.15) is 4.98 Å². The quantitative estimate of drug-likeness (QED) is 0.921. The molecule has 2 aliphatic rings. The number of para-hydroxylation sites is 1. The molecule has 2 aliphatic heterocycles. The van der Waals surface area contributed by atoms with Crippen molar-refractivity contribution in [3.63, 3.8) is 0 Å². The number of aromatic nitrogens is 1. The van der Waals surface area contributed by atoms with Gasteiger partial charge in [-0.25, -0.2) is 0 Å². The number of anilines is 1. The monoisotopic (exact) mass is 297 g/mol. The molecule has 0 amide bonds. The molecule has 1 fully saturated rings. The van der Waals surface area contributed by atoms with Crippen LogP contribution in [0.25, 0.3) is 12.2 Å². The molecule has 1 N–H and O–H groups in total. The van der Waals surface area contributed by atoms with E-state index < -0.39 is 0 Å². The van der Waals surface area contributed by atoms with Crippen molar-refractivity contribution in [2.75, 3.05) is 18.0 Å². The van der Waals surface area contributed by atoms with Crippen molar-refractivity contribution in [1.29, 1.82) is 0 Å². The van der Waals surface area contributed by atoms with E-state index >= 15 is 0 Å². The Morgan fingerprint density at radius 3 is 2.95 bits per heavy atom. The third-order valence-electron chi connectivity index (χ3n) is 3.84. The van der Waals surface area contributed by atoms with E-state index in [2.05, 4.69) is 14.9 Å². The predicted octanol–water partition coefficient (Wildman–Crippen LogP) is 1.88. The summed E-state index contributed by atoms with van der Waals surface area (Å²) in [6, 6.07) is 6.07. The molecule has 0 spiro atoms. The van der Waals surface area contributed by atoms with Gasteiger partial charge < -0.3 is 10.0 Å². The van der Waals surface area contributed by atoms with Gasteiger partial charge >= 0.3 is 0 Å². The zero-order valence-corrected chi connectivity index (χ0v) is 12.3. The number of thiazole rings is 1. The van der Waals surface area contributed by atoms with E-state index in [1.165, 1.54) is 12.8 Å². The summed E-state index contributed by atoms with van der Waals surface area (Å²) in [5, 5.41) is 13.0. The molecule has 1 aromatic heterocycles. The fourth-order valence-corrected chi connectivity index (χ4v) is 3.73. The average Bonchev–Trinajstić information content (AvgIpc) is 3.20. The molecule has 3 heterocycles. The molecular weight excluding hydrogens is 282 g/mol. The van der Waals surface area contributed by atoms with Crippen LogP contribution in [0, 0.1) is 0 Å². The van der Waals surface area contributed by atoms with Crippen molar-refractivity contribution in [1.82, 2.24) is 4.98 Å². The molecule has 4 rings (SSSR count). The minimum Gasteiger partial charge on any atom is -0.492 e. The Kier molecular flexibility index (Phi) is 3.00. The highest BCUT2D eigenvalue weighted by atomic mass is 32.1. The smallest absolute Gasteiger partial charge is 0.231 e. The van der Waals surface area contributed by atoms with Crippen LogP contribution < -0.4 is 15.5 Å². The van der Waals surface area contributed by atoms with E-state index in [0.29, 0.717) is 0 Å². The van der Waals surface area contributed by atoms with Gasteiger partial charge in [-0.3, -0.25) is 4.99 Å². The van der Waals surface area contributed by atoms with Crippen LogP contribution in [0.1, 0.15) is 23.3 Å². The van der Waals surface area contributed by atoms with Gasteiger partial charge in [0.25, 0.3) is 0 Å². The third-order valence-corrected chi connectivity index (χ3v) is 4.89. The van der Waals surface area contributed by atoms with Crippen molar-refractivity contribution in [3.05, 3.63) is 45.4 Å². The summed E-state index contributed by atoms with van der Waals surface area (Å²) in [6.07, 6.45) is 8.19. The first-order valence-corrected chi connectivity index (χ1v) is 7.93. The van der Waals surface area contributed by atoms with E-state index in [0.717, 1.165) is 39.2 Å². The summed E-state index contributed by atoms with van der Waals surface area (Å²) in [5.41, 5.74) is 1.12. The second-order valence-electron chi connectivity index (χ2n) is 5.25. The molecule has 5 heteroatoms. The van der Waals surface area contributed by atoms with Crippen LogP contribution in [0.5, 0.6) is 5.88 Å². The minimum atomic E-state index is 0.116. The summed E-state index contributed by atoms with van der Waals surface area (Å²) in [6.45, 7) is 2.07. The highest BCUT2D eigenvalue weighted by Gasteiger charge is 2.18. The Balaban J connectivity index is 1.78. The van der Waals surface area contributed by atoms with E-state index in [-0.39, 0.29) is 5.88 Å². The first kappa shape index (κ1) is 12.6. The highest BCUT2D eigenvalue weighted by molar-refractivity contribution is 7.16. The lowest BCUT2D eigenvalue weighted by atomic mass is 10.2. The SMILES string of the molecule is Oc1nc(N2CCCC2)sc1C=c1cccc2c1=NC=C2. The standard InChI is InChI=1S/C16H15N3OS/c20-15-13(21-16(18-15)19-8-1-2-9-19)10-12-5-3-4-11-6-7-17-14(11)12/h3-7,10,20H,1-2,8-9H2. The summed E-state index contributed by atoms with van der Waals surface area (Å²) in [7, 11) is 0. The molecule has 0 aliphatic carbocycles. The second-order valence-corrected chi connectivity index (χ2v) is 6.26. The number of hydrogen-bond donors (Lipinski definition) is 1. The minimum absolute atomic E-state index is 0.116. The van der Waals surface area contributed by atoms with E-state index in [1.54, 1.807) is 11.3 Å². The number of fused-ring (bicyclic) bond motifs is 1. The van der Waals surface area contributed by atoms with E-state index in [1.807, 2.05) is 36.6 Å². The van der Waals surface area contributed by atoms with Gasteiger partial charge in [-0.15, -0.1) is 0 Å². The average molecular weight is 297 g/mol. The van der Waals surface area contributed by atoms with Gasteiger partial charge in [0, 0.05) is 30.1 Å². The Hall–Kier alpha value is -2.14. The van der Waals surface area contributed by atoms with Crippen molar-refractivity contribution in [3.8, 4) is 5.88 Å². The maximum absolute atomic E-state index is 10.1. The number of rotatable bonds is 2. The lowest BCUT2D eigenvalue weighted by Gasteiger charge is -2.11. The maximum atomic E-state index is 10.1. The number of nitrogens with zero attached hydrogens (tertiary/aromatic N) is 3. The van der Waals surface area contributed by atoms with Crippen LogP contribution in [0.15, 0.2) is 29.4 Å². The molecule has 0 radical (unpaired) electrons. The third kappa shape index (κ3) is 2.23. The highest BCUT2D eigenvalue weighted by Crippen LogP contribution is 2.32. The van der Waals surface area contributed by atoms with E-state index in [4.69, 9.17) is 0 Å². The fourth-order valence-electron chi connectivity index (χ4n) is 2.76. The molecule has 106 valence electrons. The van der Waals surface area contributed by atoms with Crippen molar-refractivity contribution < 1.29 is 5.11 Å². The van der Waals surface area contributed by atoms with Gasteiger partial charge in [0.2, 0.25) is 5.88 Å². The fraction of sp³-hybridized carbons (Fsp3) is 0.250. The molecule has 1 saturated heterocycles. The first-order chi connectivity index (χ1) is 10.3. The largest absolute Gasteiger partial charge is 0.492 e. The van der Waals surface area contributed by atoms with Crippen LogP contribution >= 0.6 is 11.3 Å². The number of benzene rings is 1. The summed E-state index contributed by atoms with van der Waals surface area (Å²) >= 11 is 1.54. The van der Waals surface area contributed by atoms with Gasteiger partial charge in [-0.1, -0.05) is 29.5 Å². The maximum Gasteiger partial charge on any atom is 0.231 e. The second kappa shape index (κ2) is 5.00. The van der Waals surface area contributed by atoms with Crippen molar-refractivity contribution in [2.24, 2.45) is 4.99 Å². The molecule has 0 bridgehead atoms. The summed E-state index contributed by atoms with van der Waals surface area (Å²) in [4.78, 5) is 11.7.